The summed E-state index contributed by atoms with van der Waals surface area (Å²) in [5.41, 5.74) is 0. The molecule has 0 aromatic rings. The van der Waals surface area contributed by atoms with E-state index in [-0.39, 0.29) is 6.04 Å². The van der Waals surface area contributed by atoms with Crippen LogP contribution in [0.5, 0.6) is 0 Å². The second-order valence-electron chi connectivity index (χ2n) is 4.64. The highest BCUT2D eigenvalue weighted by molar-refractivity contribution is 5.73. The molecule has 17 heavy (non-hydrogen) atoms. The molecule has 0 aromatic heterocycles. The number of ether oxygens (including phenoxy) is 1. The van der Waals surface area contributed by atoms with Crippen molar-refractivity contribution in [3.8, 4) is 0 Å². The molecule has 5 heteroatoms. The van der Waals surface area contributed by atoms with Crippen molar-refractivity contribution >= 4 is 5.97 Å². The topological polar surface area (TPSA) is 53.0 Å². The van der Waals surface area contributed by atoms with Crippen molar-refractivity contribution in [2.45, 2.75) is 32.4 Å². The van der Waals surface area contributed by atoms with Gasteiger partial charge in [0.25, 0.3) is 0 Å². The second-order valence-corrected chi connectivity index (χ2v) is 4.64. The Morgan fingerprint density at radius 2 is 2.24 bits per heavy atom. The minimum Gasteiger partial charge on any atom is -0.480 e. The van der Waals surface area contributed by atoms with Gasteiger partial charge in [0.1, 0.15) is 6.04 Å². The van der Waals surface area contributed by atoms with Crippen LogP contribution in [0.4, 0.5) is 0 Å². The monoisotopic (exact) mass is 244 g/mol. The SMILES string of the molecule is CCC(C(=O)O)N1CCN(CCOC)C(C)C1. The van der Waals surface area contributed by atoms with Crippen LogP contribution in [0.3, 0.4) is 0 Å². The van der Waals surface area contributed by atoms with Crippen LogP contribution in [-0.2, 0) is 9.53 Å². The van der Waals surface area contributed by atoms with E-state index in [1.807, 2.05) is 6.92 Å². The molecule has 0 radical (unpaired) electrons. The first kappa shape index (κ1) is 14.4. The van der Waals surface area contributed by atoms with E-state index in [2.05, 4.69) is 16.7 Å². The number of hydrogen-bond acceptors (Lipinski definition) is 4. The fourth-order valence-corrected chi connectivity index (χ4v) is 2.44. The Morgan fingerprint density at radius 3 is 2.71 bits per heavy atom. The standard InChI is InChI=1S/C12H24N2O3/c1-4-11(12(15)16)14-6-5-13(7-8-17-3)10(2)9-14/h10-11H,4-9H2,1-3H3,(H,15,16). The number of aliphatic carboxylic acids is 1. The summed E-state index contributed by atoms with van der Waals surface area (Å²) in [5.74, 6) is -0.704. The molecule has 0 bridgehead atoms. The van der Waals surface area contributed by atoms with Crippen molar-refractivity contribution in [1.29, 1.82) is 0 Å². The van der Waals surface area contributed by atoms with Gasteiger partial charge < -0.3 is 9.84 Å². The van der Waals surface area contributed by atoms with Crippen LogP contribution < -0.4 is 0 Å². The number of carboxylic acids is 1. The molecule has 1 aliphatic heterocycles. The van der Waals surface area contributed by atoms with Gasteiger partial charge >= 0.3 is 5.97 Å². The Morgan fingerprint density at radius 1 is 1.53 bits per heavy atom. The van der Waals surface area contributed by atoms with Crippen LogP contribution >= 0.6 is 0 Å². The van der Waals surface area contributed by atoms with Crippen molar-refractivity contribution in [2.75, 3.05) is 39.9 Å². The Labute approximate surface area is 103 Å². The molecular weight excluding hydrogens is 220 g/mol. The van der Waals surface area contributed by atoms with Gasteiger partial charge in [-0.1, -0.05) is 6.92 Å². The summed E-state index contributed by atoms with van der Waals surface area (Å²) in [4.78, 5) is 15.6. The number of methoxy groups -OCH3 is 1. The lowest BCUT2D eigenvalue weighted by Gasteiger charge is -2.41. The van der Waals surface area contributed by atoms with Gasteiger partial charge in [-0.05, 0) is 13.3 Å². The third-order valence-corrected chi connectivity index (χ3v) is 3.49. The van der Waals surface area contributed by atoms with E-state index in [0.29, 0.717) is 12.5 Å². The lowest BCUT2D eigenvalue weighted by molar-refractivity contribution is -0.144. The molecule has 1 fully saturated rings. The molecule has 0 amide bonds. The smallest absolute Gasteiger partial charge is 0.320 e. The number of rotatable bonds is 6. The van der Waals surface area contributed by atoms with Crippen LogP contribution in [0.25, 0.3) is 0 Å². The average Bonchev–Trinajstić information content (AvgIpc) is 2.28. The summed E-state index contributed by atoms with van der Waals surface area (Å²) in [6.45, 7) is 8.33. The Balaban J connectivity index is 2.47. The zero-order valence-electron chi connectivity index (χ0n) is 11.1. The summed E-state index contributed by atoms with van der Waals surface area (Å²) in [5, 5.41) is 9.14. The van der Waals surface area contributed by atoms with E-state index in [9.17, 15) is 4.79 Å². The predicted molar refractivity (Wildman–Crippen MR) is 66.2 cm³/mol. The van der Waals surface area contributed by atoms with E-state index >= 15 is 0 Å². The van der Waals surface area contributed by atoms with Gasteiger partial charge in [0.15, 0.2) is 0 Å². The molecule has 0 aromatic carbocycles. The highest BCUT2D eigenvalue weighted by atomic mass is 16.5. The Kier molecular flexibility index (Phi) is 5.88. The number of carboxylic acid groups (broad SMARTS) is 1. The summed E-state index contributed by atoms with van der Waals surface area (Å²) in [6.07, 6.45) is 0.667. The zero-order chi connectivity index (χ0) is 12.8. The summed E-state index contributed by atoms with van der Waals surface area (Å²) >= 11 is 0. The molecule has 0 saturated carbocycles. The van der Waals surface area contributed by atoms with Gasteiger partial charge in [0.05, 0.1) is 6.61 Å². The number of carbonyl (C=O) groups is 1. The molecule has 1 N–H and O–H groups in total. The quantitative estimate of drug-likeness (QED) is 0.737. The van der Waals surface area contributed by atoms with Crippen molar-refractivity contribution < 1.29 is 14.6 Å². The van der Waals surface area contributed by atoms with Crippen molar-refractivity contribution in [2.24, 2.45) is 0 Å². The molecule has 2 unspecified atom stereocenters. The van der Waals surface area contributed by atoms with Gasteiger partial charge in [0.2, 0.25) is 0 Å². The van der Waals surface area contributed by atoms with Crippen molar-refractivity contribution in [1.82, 2.24) is 9.80 Å². The highest BCUT2D eigenvalue weighted by Crippen LogP contribution is 2.14. The van der Waals surface area contributed by atoms with Crippen LogP contribution in [0, 0.1) is 0 Å². The minimum atomic E-state index is -0.704. The number of hydrogen-bond donors (Lipinski definition) is 1. The molecule has 0 spiro atoms. The van der Waals surface area contributed by atoms with Crippen molar-refractivity contribution in [3.05, 3.63) is 0 Å². The van der Waals surface area contributed by atoms with E-state index < -0.39 is 5.97 Å². The maximum absolute atomic E-state index is 11.1. The normalized spacial score (nSPS) is 24.8. The minimum absolute atomic E-state index is 0.331. The molecule has 1 heterocycles. The number of nitrogens with zero attached hydrogens (tertiary/aromatic N) is 2. The Bertz CT molecular complexity index is 248. The lowest BCUT2D eigenvalue weighted by atomic mass is 10.1. The maximum atomic E-state index is 11.1. The van der Waals surface area contributed by atoms with E-state index in [0.717, 1.165) is 32.8 Å². The molecule has 1 aliphatic rings. The first-order chi connectivity index (χ1) is 8.10. The van der Waals surface area contributed by atoms with Crippen LogP contribution in [0.15, 0.2) is 0 Å². The second kappa shape index (κ2) is 6.93. The zero-order valence-corrected chi connectivity index (χ0v) is 11.1. The third kappa shape index (κ3) is 3.94. The van der Waals surface area contributed by atoms with E-state index in [1.54, 1.807) is 7.11 Å². The van der Waals surface area contributed by atoms with Gasteiger partial charge in [-0.3, -0.25) is 14.6 Å². The van der Waals surface area contributed by atoms with Crippen LogP contribution in [-0.4, -0.2) is 72.9 Å². The Hall–Kier alpha value is -0.650. The number of piperazine rings is 1. The molecule has 100 valence electrons. The molecule has 2 atom stereocenters. The lowest BCUT2D eigenvalue weighted by Crippen LogP contribution is -2.56. The summed E-state index contributed by atoms with van der Waals surface area (Å²) < 4.78 is 5.08. The predicted octanol–water partition coefficient (Wildman–Crippen LogP) is 0.502. The third-order valence-electron chi connectivity index (χ3n) is 3.49. The van der Waals surface area contributed by atoms with Gasteiger partial charge in [-0.2, -0.15) is 0 Å². The fraction of sp³-hybridized carbons (Fsp3) is 0.917. The first-order valence-electron chi connectivity index (χ1n) is 6.30. The van der Waals surface area contributed by atoms with Crippen molar-refractivity contribution in [3.63, 3.8) is 0 Å². The molecular formula is C12H24N2O3. The molecule has 1 saturated heterocycles. The largest absolute Gasteiger partial charge is 0.480 e. The highest BCUT2D eigenvalue weighted by Gasteiger charge is 2.30. The van der Waals surface area contributed by atoms with Gasteiger partial charge in [-0.15, -0.1) is 0 Å². The van der Waals surface area contributed by atoms with Gasteiger partial charge in [-0.25, -0.2) is 0 Å². The first-order valence-corrected chi connectivity index (χ1v) is 6.30. The van der Waals surface area contributed by atoms with Crippen LogP contribution in [0.1, 0.15) is 20.3 Å². The summed E-state index contributed by atoms with van der Waals surface area (Å²) in [7, 11) is 1.71. The molecule has 1 rings (SSSR count). The van der Waals surface area contributed by atoms with Gasteiger partial charge in [0, 0.05) is 39.3 Å². The maximum Gasteiger partial charge on any atom is 0.320 e. The molecule has 5 nitrogen and oxygen atoms in total. The van der Waals surface area contributed by atoms with E-state index in [1.165, 1.54) is 0 Å². The van der Waals surface area contributed by atoms with E-state index in [4.69, 9.17) is 9.84 Å². The fourth-order valence-electron chi connectivity index (χ4n) is 2.44. The molecule has 0 aliphatic carbocycles. The average molecular weight is 244 g/mol. The summed E-state index contributed by atoms with van der Waals surface area (Å²) in [6, 6.07) is 0.0642. The van der Waals surface area contributed by atoms with Crippen LogP contribution in [0.2, 0.25) is 0 Å².